The highest BCUT2D eigenvalue weighted by atomic mass is 32.1. The van der Waals surface area contributed by atoms with Crippen molar-refractivity contribution in [2.24, 2.45) is 0 Å². The number of amides is 1. The summed E-state index contributed by atoms with van der Waals surface area (Å²) in [7, 11) is 0. The van der Waals surface area contributed by atoms with Crippen LogP contribution in [-0.4, -0.2) is 28.9 Å². The maximum Gasteiger partial charge on any atom is 0.219 e. The Hall–Kier alpha value is -1.88. The molecule has 0 saturated carbocycles. The second kappa shape index (κ2) is 6.48. The standard InChI is InChI=1S/C17H20N2O2S/c1-3-10-21-14-6-4-13(5-7-14)17-18-15-8-9-19(12(2)20)11-16(15)22-17/h4-7H,3,8-11H2,1-2H3. The van der Waals surface area contributed by atoms with E-state index in [9.17, 15) is 4.79 Å². The van der Waals surface area contributed by atoms with Crippen LogP contribution in [0, 0.1) is 0 Å². The van der Waals surface area contributed by atoms with E-state index in [1.54, 1.807) is 18.3 Å². The zero-order valence-corrected chi connectivity index (χ0v) is 13.8. The molecule has 1 amide bonds. The highest BCUT2D eigenvalue weighted by Gasteiger charge is 2.22. The van der Waals surface area contributed by atoms with Crippen LogP contribution in [0.4, 0.5) is 0 Å². The van der Waals surface area contributed by atoms with Gasteiger partial charge in [-0.3, -0.25) is 4.79 Å². The molecule has 0 atom stereocenters. The minimum absolute atomic E-state index is 0.137. The van der Waals surface area contributed by atoms with Crippen LogP contribution in [-0.2, 0) is 17.8 Å². The van der Waals surface area contributed by atoms with Crippen LogP contribution in [0.25, 0.3) is 10.6 Å². The van der Waals surface area contributed by atoms with Gasteiger partial charge in [-0.2, -0.15) is 0 Å². The summed E-state index contributed by atoms with van der Waals surface area (Å²) in [6, 6.07) is 8.09. The van der Waals surface area contributed by atoms with Gasteiger partial charge in [0.1, 0.15) is 10.8 Å². The summed E-state index contributed by atoms with van der Waals surface area (Å²) in [6.45, 7) is 5.93. The molecule has 0 aliphatic carbocycles. The quantitative estimate of drug-likeness (QED) is 0.867. The number of hydrogen-bond donors (Lipinski definition) is 0. The molecular formula is C17H20N2O2S. The number of rotatable bonds is 4. The van der Waals surface area contributed by atoms with Crippen molar-refractivity contribution in [2.75, 3.05) is 13.2 Å². The summed E-state index contributed by atoms with van der Waals surface area (Å²) in [4.78, 5) is 19.3. The Balaban J connectivity index is 1.77. The van der Waals surface area contributed by atoms with E-state index >= 15 is 0 Å². The normalized spacial score (nSPS) is 13.8. The number of carbonyl (C=O) groups excluding carboxylic acids is 1. The van der Waals surface area contributed by atoms with Gasteiger partial charge in [-0.25, -0.2) is 4.98 Å². The number of aromatic nitrogens is 1. The number of thiazole rings is 1. The third-order valence-electron chi connectivity index (χ3n) is 3.75. The molecule has 0 radical (unpaired) electrons. The van der Waals surface area contributed by atoms with Crippen molar-refractivity contribution in [2.45, 2.75) is 33.2 Å². The molecule has 3 rings (SSSR count). The van der Waals surface area contributed by atoms with Crippen LogP contribution in [0.5, 0.6) is 5.75 Å². The topological polar surface area (TPSA) is 42.4 Å². The van der Waals surface area contributed by atoms with E-state index < -0.39 is 0 Å². The molecule has 116 valence electrons. The zero-order chi connectivity index (χ0) is 15.5. The monoisotopic (exact) mass is 316 g/mol. The minimum atomic E-state index is 0.137. The second-order valence-corrected chi connectivity index (χ2v) is 6.54. The lowest BCUT2D eigenvalue weighted by Gasteiger charge is -2.24. The fraction of sp³-hybridized carbons (Fsp3) is 0.412. The molecule has 1 aromatic heterocycles. The zero-order valence-electron chi connectivity index (χ0n) is 13.0. The molecule has 2 aromatic rings. The maximum absolute atomic E-state index is 11.5. The molecular weight excluding hydrogens is 296 g/mol. The summed E-state index contributed by atoms with van der Waals surface area (Å²) in [5, 5.41) is 1.03. The number of carbonyl (C=O) groups is 1. The predicted octanol–water partition coefficient (Wildman–Crippen LogP) is 3.50. The molecule has 1 aromatic carbocycles. The number of benzene rings is 1. The molecule has 0 bridgehead atoms. The van der Waals surface area contributed by atoms with Gasteiger partial charge in [-0.15, -0.1) is 11.3 Å². The summed E-state index contributed by atoms with van der Waals surface area (Å²) in [5.41, 5.74) is 2.25. The van der Waals surface area contributed by atoms with Gasteiger partial charge in [0, 0.05) is 30.3 Å². The average molecular weight is 316 g/mol. The first-order chi connectivity index (χ1) is 10.7. The smallest absolute Gasteiger partial charge is 0.219 e. The third kappa shape index (κ3) is 3.14. The van der Waals surface area contributed by atoms with Crippen LogP contribution in [0.15, 0.2) is 24.3 Å². The summed E-state index contributed by atoms with van der Waals surface area (Å²) >= 11 is 1.69. The van der Waals surface area contributed by atoms with Crippen LogP contribution in [0.2, 0.25) is 0 Å². The van der Waals surface area contributed by atoms with Crippen molar-refractivity contribution in [3.05, 3.63) is 34.8 Å². The SMILES string of the molecule is CCCOc1ccc(-c2nc3c(s2)CN(C(C)=O)CC3)cc1. The molecule has 4 nitrogen and oxygen atoms in total. The van der Waals surface area contributed by atoms with Crippen molar-refractivity contribution in [1.29, 1.82) is 0 Å². The molecule has 22 heavy (non-hydrogen) atoms. The largest absolute Gasteiger partial charge is 0.494 e. The average Bonchev–Trinajstić information content (AvgIpc) is 2.96. The number of ether oxygens (including phenoxy) is 1. The Morgan fingerprint density at radius 1 is 1.36 bits per heavy atom. The fourth-order valence-corrected chi connectivity index (χ4v) is 3.63. The van der Waals surface area contributed by atoms with E-state index in [0.29, 0.717) is 6.54 Å². The van der Waals surface area contributed by atoms with Gasteiger partial charge in [-0.05, 0) is 30.7 Å². The Labute approximate surface area is 134 Å². The van der Waals surface area contributed by atoms with E-state index in [2.05, 4.69) is 19.1 Å². The Morgan fingerprint density at radius 2 is 2.14 bits per heavy atom. The Morgan fingerprint density at radius 3 is 2.82 bits per heavy atom. The van der Waals surface area contributed by atoms with Crippen LogP contribution in [0.1, 0.15) is 30.8 Å². The highest BCUT2D eigenvalue weighted by molar-refractivity contribution is 7.15. The van der Waals surface area contributed by atoms with Gasteiger partial charge in [0.05, 0.1) is 18.8 Å². The van der Waals surface area contributed by atoms with Gasteiger partial charge < -0.3 is 9.64 Å². The number of nitrogens with zero attached hydrogens (tertiary/aromatic N) is 2. The van der Waals surface area contributed by atoms with Crippen molar-refractivity contribution < 1.29 is 9.53 Å². The lowest BCUT2D eigenvalue weighted by atomic mass is 10.2. The van der Waals surface area contributed by atoms with E-state index in [-0.39, 0.29) is 5.91 Å². The summed E-state index contributed by atoms with van der Waals surface area (Å²) in [5.74, 6) is 1.03. The molecule has 0 unspecified atom stereocenters. The molecule has 5 heteroatoms. The fourth-order valence-electron chi connectivity index (χ4n) is 2.50. The number of hydrogen-bond acceptors (Lipinski definition) is 4. The summed E-state index contributed by atoms with van der Waals surface area (Å²) in [6.07, 6.45) is 1.86. The molecule has 0 spiro atoms. The van der Waals surface area contributed by atoms with E-state index in [1.807, 2.05) is 17.0 Å². The summed E-state index contributed by atoms with van der Waals surface area (Å²) < 4.78 is 5.61. The Bertz CT molecular complexity index is 664. The van der Waals surface area contributed by atoms with Crippen molar-refractivity contribution >= 4 is 17.2 Å². The molecule has 2 heterocycles. The molecule has 1 aliphatic rings. The molecule has 0 N–H and O–H groups in total. The van der Waals surface area contributed by atoms with Gasteiger partial charge in [0.2, 0.25) is 5.91 Å². The van der Waals surface area contributed by atoms with Crippen LogP contribution < -0.4 is 4.74 Å². The van der Waals surface area contributed by atoms with Gasteiger partial charge in [0.25, 0.3) is 0 Å². The first-order valence-electron chi connectivity index (χ1n) is 7.64. The third-order valence-corrected chi connectivity index (χ3v) is 4.88. The first kappa shape index (κ1) is 15.0. The maximum atomic E-state index is 11.5. The van der Waals surface area contributed by atoms with Crippen molar-refractivity contribution in [1.82, 2.24) is 9.88 Å². The number of fused-ring (bicyclic) bond motifs is 1. The second-order valence-electron chi connectivity index (χ2n) is 5.45. The van der Waals surface area contributed by atoms with Crippen molar-refractivity contribution in [3.8, 4) is 16.3 Å². The van der Waals surface area contributed by atoms with E-state index in [1.165, 1.54) is 4.88 Å². The lowest BCUT2D eigenvalue weighted by Crippen LogP contribution is -2.33. The minimum Gasteiger partial charge on any atom is -0.494 e. The predicted molar refractivity (Wildman–Crippen MR) is 88.1 cm³/mol. The van der Waals surface area contributed by atoms with E-state index in [0.717, 1.165) is 48.0 Å². The first-order valence-corrected chi connectivity index (χ1v) is 8.46. The van der Waals surface area contributed by atoms with Crippen LogP contribution >= 0.6 is 11.3 Å². The van der Waals surface area contributed by atoms with Crippen molar-refractivity contribution in [3.63, 3.8) is 0 Å². The molecule has 0 saturated heterocycles. The Kier molecular flexibility index (Phi) is 4.43. The highest BCUT2D eigenvalue weighted by Crippen LogP contribution is 2.32. The van der Waals surface area contributed by atoms with E-state index in [4.69, 9.17) is 9.72 Å². The molecule has 0 fully saturated rings. The van der Waals surface area contributed by atoms with Crippen LogP contribution in [0.3, 0.4) is 0 Å². The van der Waals surface area contributed by atoms with Gasteiger partial charge >= 0.3 is 0 Å². The lowest BCUT2D eigenvalue weighted by molar-refractivity contribution is -0.129. The van der Waals surface area contributed by atoms with Gasteiger partial charge in [0.15, 0.2) is 0 Å². The molecule has 1 aliphatic heterocycles. The van der Waals surface area contributed by atoms with Gasteiger partial charge in [-0.1, -0.05) is 6.92 Å².